The Morgan fingerprint density at radius 3 is 2.13 bits per heavy atom. The second kappa shape index (κ2) is 25.0. The van der Waals surface area contributed by atoms with Gasteiger partial charge in [0, 0.05) is 6.61 Å². The maximum Gasteiger partial charge on any atom is 0.472 e. The minimum Gasteiger partial charge on any atom is -0.387 e. The molecule has 3 heterocycles. The number of aromatic nitrogens is 3. The molecule has 1 aliphatic rings. The molecule has 0 spiro atoms. The van der Waals surface area contributed by atoms with Gasteiger partial charge in [0.2, 0.25) is 5.60 Å². The van der Waals surface area contributed by atoms with E-state index in [-0.39, 0.29) is 23.4 Å². The maximum atomic E-state index is 13.9. The topological polar surface area (TPSA) is 202 Å². The van der Waals surface area contributed by atoms with Gasteiger partial charge in [0.15, 0.2) is 0 Å². The van der Waals surface area contributed by atoms with E-state index in [0.29, 0.717) is 17.8 Å². The molecule has 14 nitrogen and oxygen atoms in total. The molecule has 4 rings (SSSR count). The summed E-state index contributed by atoms with van der Waals surface area (Å²) in [6.07, 6.45) is 9.69. The first kappa shape index (κ1) is 50.2. The fourth-order valence-corrected chi connectivity index (χ4v) is 8.16. The molecule has 3 aromatic rings. The number of ether oxygens (including phenoxy) is 3. The number of alkyl halides is 3. The van der Waals surface area contributed by atoms with E-state index >= 15 is 0 Å². The highest BCUT2D eigenvalue weighted by atomic mass is 31.2. The number of aryl methyl sites for hydroxylation is 1. The molecule has 6 atom stereocenters. The van der Waals surface area contributed by atoms with E-state index in [9.17, 15) is 38.1 Å². The Kier molecular flexibility index (Phi) is 20.5. The van der Waals surface area contributed by atoms with Crippen LogP contribution >= 0.6 is 7.82 Å². The SMILES string of the molecule is CCCCCCCCCCCCCCCCCCOC[C@H](COP(=O)(O)OC[C@H]1O[C@@](C#N)(c2ccc3c(C)ncnn23)[C@H](O)[C@@H]1O)OCc1ccc(C#N)cc1C(F)(F)F. The standard InChI is InChI=1S/C43H61F3N5O9P/c1-3-4-5-6-7-8-9-10-11-12-13-14-15-16-17-18-23-56-27-35(57-26-34-20-19-33(25-47)24-36(34)43(44,45)46)28-58-61(54,55)59-29-38-40(52)41(53)42(30-48,60-38)39-22-21-37-32(2)49-31-50-51(37)39/h19-22,24,31,35,38,40-41,52-53H,3-18,23,26-29H2,1-2H3,(H,54,55)/t35-,38-,40-,41-,42+/m1/s1. The molecule has 0 aliphatic carbocycles. The average Bonchev–Trinajstić information content (AvgIpc) is 3.79. The molecule has 1 aromatic carbocycles. The van der Waals surface area contributed by atoms with E-state index < -0.39 is 69.4 Å². The first-order valence-electron chi connectivity index (χ1n) is 21.4. The van der Waals surface area contributed by atoms with Crippen molar-refractivity contribution in [2.24, 2.45) is 0 Å². The van der Waals surface area contributed by atoms with Crippen molar-refractivity contribution < 1.29 is 56.1 Å². The smallest absolute Gasteiger partial charge is 0.387 e. The van der Waals surface area contributed by atoms with Crippen LogP contribution in [-0.2, 0) is 46.2 Å². The molecule has 1 saturated heterocycles. The third-order valence-corrected chi connectivity index (χ3v) is 11.9. The van der Waals surface area contributed by atoms with E-state index in [0.717, 1.165) is 37.8 Å². The van der Waals surface area contributed by atoms with E-state index in [1.54, 1.807) is 19.1 Å². The molecular weight excluding hydrogens is 818 g/mol. The van der Waals surface area contributed by atoms with Crippen LogP contribution in [0, 0.1) is 29.6 Å². The molecule has 338 valence electrons. The second-order valence-electron chi connectivity index (χ2n) is 15.7. The van der Waals surface area contributed by atoms with Crippen LogP contribution in [-0.4, -0.2) is 80.5 Å². The fraction of sp³-hybridized carbons (Fsp3) is 0.674. The van der Waals surface area contributed by atoms with Crippen molar-refractivity contribution in [1.82, 2.24) is 14.6 Å². The number of phosphoric acid groups is 1. The van der Waals surface area contributed by atoms with Gasteiger partial charge in [-0.1, -0.05) is 109 Å². The minimum absolute atomic E-state index is 0.0866. The van der Waals surface area contributed by atoms with Crippen LogP contribution in [0.3, 0.4) is 0 Å². The van der Waals surface area contributed by atoms with E-state index in [4.69, 9.17) is 28.5 Å². The van der Waals surface area contributed by atoms with Crippen LogP contribution in [0.1, 0.15) is 138 Å². The van der Waals surface area contributed by atoms with Crippen LogP contribution in [0.2, 0.25) is 0 Å². The van der Waals surface area contributed by atoms with E-state index in [1.165, 1.54) is 100 Å². The van der Waals surface area contributed by atoms with Crippen LogP contribution < -0.4 is 0 Å². The minimum atomic E-state index is -4.96. The summed E-state index contributed by atoms with van der Waals surface area (Å²) in [5.41, 5.74) is -2.46. The number of aliphatic hydroxyl groups is 2. The molecule has 18 heteroatoms. The van der Waals surface area contributed by atoms with E-state index in [1.807, 2.05) is 6.07 Å². The highest BCUT2D eigenvalue weighted by molar-refractivity contribution is 7.47. The van der Waals surface area contributed by atoms with Crippen LogP contribution in [0.5, 0.6) is 0 Å². The first-order valence-corrected chi connectivity index (χ1v) is 22.9. The van der Waals surface area contributed by atoms with Crippen molar-refractivity contribution in [2.75, 3.05) is 26.4 Å². The number of nitrogens with zero attached hydrogens (tertiary/aromatic N) is 5. The lowest BCUT2D eigenvalue weighted by molar-refractivity contribution is -0.139. The van der Waals surface area contributed by atoms with Gasteiger partial charge in [0.05, 0.1) is 60.5 Å². The zero-order valence-corrected chi connectivity index (χ0v) is 36.1. The molecule has 0 radical (unpaired) electrons. The van der Waals surface area contributed by atoms with Gasteiger partial charge < -0.3 is 29.3 Å². The van der Waals surface area contributed by atoms with Gasteiger partial charge in [-0.15, -0.1) is 0 Å². The van der Waals surface area contributed by atoms with Gasteiger partial charge in [-0.3, -0.25) is 9.05 Å². The number of nitriles is 2. The molecule has 1 aliphatic heterocycles. The van der Waals surface area contributed by atoms with Crippen molar-refractivity contribution >= 4 is 13.3 Å². The Morgan fingerprint density at radius 2 is 1.54 bits per heavy atom. The monoisotopic (exact) mass is 879 g/mol. The molecule has 0 bridgehead atoms. The summed E-state index contributed by atoms with van der Waals surface area (Å²) in [7, 11) is -4.96. The van der Waals surface area contributed by atoms with Crippen molar-refractivity contribution in [3.63, 3.8) is 0 Å². The number of benzene rings is 1. The quantitative estimate of drug-likeness (QED) is 0.0442. The molecule has 61 heavy (non-hydrogen) atoms. The van der Waals surface area contributed by atoms with Crippen molar-refractivity contribution in [2.45, 2.75) is 159 Å². The average molecular weight is 880 g/mol. The fourth-order valence-electron chi connectivity index (χ4n) is 7.39. The van der Waals surface area contributed by atoms with Crippen LogP contribution in [0.25, 0.3) is 5.52 Å². The number of fused-ring (bicyclic) bond motifs is 1. The predicted molar refractivity (Wildman–Crippen MR) is 219 cm³/mol. The van der Waals surface area contributed by atoms with E-state index in [2.05, 4.69) is 17.0 Å². The number of halogens is 3. The summed E-state index contributed by atoms with van der Waals surface area (Å²) >= 11 is 0. The Bertz CT molecular complexity index is 1920. The lowest BCUT2D eigenvalue weighted by Gasteiger charge is -2.24. The summed E-state index contributed by atoms with van der Waals surface area (Å²) in [6, 6.07) is 9.76. The number of phosphoric ester groups is 1. The number of aliphatic hydroxyl groups excluding tert-OH is 2. The van der Waals surface area contributed by atoms with Gasteiger partial charge in [-0.2, -0.15) is 28.8 Å². The lowest BCUT2D eigenvalue weighted by Crippen LogP contribution is -2.41. The third-order valence-electron chi connectivity index (χ3n) is 10.9. The molecule has 0 amide bonds. The number of hydrogen-bond donors (Lipinski definition) is 3. The second-order valence-corrected chi connectivity index (χ2v) is 17.1. The first-order chi connectivity index (χ1) is 29.3. The van der Waals surface area contributed by atoms with Crippen LogP contribution in [0.4, 0.5) is 13.2 Å². The largest absolute Gasteiger partial charge is 0.472 e. The van der Waals surface area contributed by atoms with Crippen LogP contribution in [0.15, 0.2) is 36.7 Å². The van der Waals surface area contributed by atoms with Gasteiger partial charge in [0.25, 0.3) is 0 Å². The predicted octanol–water partition coefficient (Wildman–Crippen LogP) is 8.76. The zero-order chi connectivity index (χ0) is 44.3. The summed E-state index contributed by atoms with van der Waals surface area (Å²) in [5, 5.41) is 45.3. The number of unbranched alkanes of at least 4 members (excludes halogenated alkanes) is 15. The molecule has 1 fully saturated rings. The molecule has 3 N–H and O–H groups in total. The van der Waals surface area contributed by atoms with Gasteiger partial charge in [0.1, 0.15) is 36.8 Å². The zero-order valence-electron chi connectivity index (χ0n) is 35.2. The summed E-state index contributed by atoms with van der Waals surface area (Å²) in [5.74, 6) is 0. The lowest BCUT2D eigenvalue weighted by atomic mass is 9.92. The Hall–Kier alpha value is -3.48. The number of rotatable bonds is 29. The van der Waals surface area contributed by atoms with Crippen molar-refractivity contribution in [3.05, 3.63) is 64.7 Å². The molecule has 2 aromatic heterocycles. The Labute approximate surface area is 356 Å². The molecule has 0 saturated carbocycles. The third kappa shape index (κ3) is 15.1. The highest BCUT2D eigenvalue weighted by Crippen LogP contribution is 2.46. The Morgan fingerprint density at radius 1 is 0.918 bits per heavy atom. The molecular formula is C43H61F3N5O9P. The number of hydrogen-bond acceptors (Lipinski definition) is 12. The van der Waals surface area contributed by atoms with Gasteiger partial charge in [-0.25, -0.2) is 14.1 Å². The highest BCUT2D eigenvalue weighted by Gasteiger charge is 2.58. The summed E-state index contributed by atoms with van der Waals surface area (Å²) in [4.78, 5) is 14.7. The summed E-state index contributed by atoms with van der Waals surface area (Å²) in [6.45, 7) is 2.06. The van der Waals surface area contributed by atoms with Crippen molar-refractivity contribution in [1.29, 1.82) is 10.5 Å². The summed E-state index contributed by atoms with van der Waals surface area (Å²) < 4.78 is 83.6. The molecule has 1 unspecified atom stereocenters. The Balaban J connectivity index is 1.25. The normalized spacial score (nSPS) is 20.7. The maximum absolute atomic E-state index is 13.9. The van der Waals surface area contributed by atoms with Crippen molar-refractivity contribution in [3.8, 4) is 12.1 Å². The van der Waals surface area contributed by atoms with Gasteiger partial charge in [-0.05, 0) is 43.2 Å². The van der Waals surface area contributed by atoms with Gasteiger partial charge >= 0.3 is 14.0 Å².